The first-order valence-electron chi connectivity index (χ1n) is 29.9. The lowest BCUT2D eigenvalue weighted by molar-refractivity contribution is -0.144. The van der Waals surface area contributed by atoms with Crippen molar-refractivity contribution in [1.29, 1.82) is 0 Å². The number of phenolic OH excluding ortho intramolecular Hbond substituents is 1. The number of thiazole rings is 1. The van der Waals surface area contributed by atoms with Crippen LogP contribution in [0.1, 0.15) is 134 Å². The number of hydrogen-bond donors (Lipinski definition) is 5. The normalized spacial score (nSPS) is 20.0. The van der Waals surface area contributed by atoms with E-state index in [9.17, 15) is 24.6 Å². The number of unbranched alkanes of at least 4 members (excludes halogenated alkanes) is 7. The van der Waals surface area contributed by atoms with E-state index in [2.05, 4.69) is 35.7 Å². The fourth-order valence-corrected chi connectivity index (χ4v) is 13.6. The number of anilines is 1. The molecule has 7 heterocycles. The van der Waals surface area contributed by atoms with Crippen LogP contribution in [0.2, 0.25) is 0 Å². The highest BCUT2D eigenvalue weighted by Crippen LogP contribution is 2.41. The highest BCUT2D eigenvalue weighted by Gasteiger charge is 2.44. The smallest absolute Gasteiger partial charge is 0.246 e. The summed E-state index contributed by atoms with van der Waals surface area (Å²) in [5, 5.41) is 33.1. The number of aliphatic hydroxyl groups is 1. The third kappa shape index (κ3) is 13.7. The molecule has 5 atom stereocenters. The number of likely N-dealkylation sites (tertiary alicyclic amines) is 2. The van der Waals surface area contributed by atoms with Gasteiger partial charge in [-0.1, -0.05) is 96.6 Å². The SMILES string of the molecule is CCc1c(F)ccc2cc(O)cc(-c3ncc4c(N5CC6CCC(C5)N6)nc(OC5CCN(CCCCCCCCCCC(=O)N[C@H](C(=O)N6C[C@H](O)C[C@H]6C(=O)NCc6ccc(-c7scnc7C)cc6)C(C)(C)C)CC5)cc4c3F)c12. The molecule has 18 heteroatoms. The number of aromatic hydroxyl groups is 1. The summed E-state index contributed by atoms with van der Waals surface area (Å²) >= 11 is 1.58. The van der Waals surface area contributed by atoms with Crippen LogP contribution in [0.4, 0.5) is 14.6 Å². The molecule has 2 bridgehead atoms. The van der Waals surface area contributed by atoms with Gasteiger partial charge in [-0.3, -0.25) is 19.4 Å². The summed E-state index contributed by atoms with van der Waals surface area (Å²) in [6.45, 7) is 14.2. The number of aliphatic hydroxyl groups excluding tert-OH is 1. The molecule has 6 aromatic rings. The molecule has 3 amide bonds. The zero-order chi connectivity index (χ0) is 57.7. The van der Waals surface area contributed by atoms with Gasteiger partial charge in [0.05, 0.1) is 22.2 Å². The Labute approximate surface area is 484 Å². The zero-order valence-corrected chi connectivity index (χ0v) is 49.1. The number of benzene rings is 3. The summed E-state index contributed by atoms with van der Waals surface area (Å²) < 4.78 is 39.0. The highest BCUT2D eigenvalue weighted by atomic mass is 32.1. The van der Waals surface area contributed by atoms with Gasteiger partial charge in [-0.05, 0) is 109 Å². The molecule has 3 aromatic heterocycles. The number of pyridine rings is 2. The van der Waals surface area contributed by atoms with E-state index in [0.717, 1.165) is 131 Å². The van der Waals surface area contributed by atoms with Crippen LogP contribution in [-0.2, 0) is 27.3 Å². The molecule has 438 valence electrons. The van der Waals surface area contributed by atoms with E-state index >= 15 is 8.78 Å². The van der Waals surface area contributed by atoms with Gasteiger partial charge >= 0.3 is 0 Å². The predicted molar refractivity (Wildman–Crippen MR) is 319 cm³/mol. The van der Waals surface area contributed by atoms with Crippen molar-refractivity contribution in [2.45, 2.75) is 174 Å². The molecule has 0 spiro atoms. The number of carbonyl (C=O) groups excluding carboxylic acids is 3. The molecule has 4 aliphatic heterocycles. The molecular weight excluding hydrogens is 1060 g/mol. The number of ether oxygens (including phenoxy) is 1. The summed E-state index contributed by atoms with van der Waals surface area (Å²) in [6.07, 6.45) is 13.7. The number of piperidine rings is 1. The van der Waals surface area contributed by atoms with E-state index in [1.54, 1.807) is 35.7 Å². The number of aryl methyl sites for hydroxylation is 2. The van der Waals surface area contributed by atoms with Crippen molar-refractivity contribution in [3.8, 4) is 33.3 Å². The van der Waals surface area contributed by atoms with Crippen LogP contribution in [0.15, 0.2) is 66.3 Å². The van der Waals surface area contributed by atoms with E-state index in [1.165, 1.54) is 17.0 Å². The first kappa shape index (κ1) is 58.8. The number of fused-ring (bicyclic) bond motifs is 4. The minimum Gasteiger partial charge on any atom is -0.508 e. The van der Waals surface area contributed by atoms with Gasteiger partial charge in [0.2, 0.25) is 23.6 Å². The van der Waals surface area contributed by atoms with Crippen molar-refractivity contribution in [1.82, 2.24) is 40.7 Å². The fraction of sp³-hybridized carbons (Fsp3) is 0.531. The van der Waals surface area contributed by atoms with E-state index in [4.69, 9.17) is 9.72 Å². The third-order valence-electron chi connectivity index (χ3n) is 17.2. The van der Waals surface area contributed by atoms with E-state index < -0.39 is 29.4 Å². The molecular formula is C64H81F2N9O6S. The maximum absolute atomic E-state index is 17.2. The molecule has 0 aliphatic carbocycles. The lowest BCUT2D eigenvalue weighted by Crippen LogP contribution is -2.57. The number of amides is 3. The van der Waals surface area contributed by atoms with E-state index in [1.807, 2.05) is 64.4 Å². The van der Waals surface area contributed by atoms with Crippen molar-refractivity contribution in [3.63, 3.8) is 0 Å². The number of nitrogens with zero attached hydrogens (tertiary/aromatic N) is 6. The first-order valence-corrected chi connectivity index (χ1v) is 30.8. The standard InChI is InChI=1S/C64H81F2N9O6S/c1-6-48-52(65)23-20-42-29-45(76)30-50(56(42)48)58-57(66)49-32-55(72-61(51(49)34-67-58)74-35-43-21-22-44(36-74)70-43)81-47-24-27-73(28-25-47)26-14-12-10-8-7-9-11-13-15-54(78)71-60(64(3,4)5)63(80)75-37-46(77)31-53(75)62(79)68-33-40-16-18-41(19-17-40)59-39(2)69-38-82-59/h16-20,23,29-30,32,34,38,43-44,46-47,53,60,70,76-77H,6-15,21-22,24-28,31,33,35-37H2,1-5H3,(H,68,79)(H,71,78)/t43?,44?,46-,53+,60-/m1/s1. The second-order valence-electron chi connectivity index (χ2n) is 24.4. The number of aromatic nitrogens is 3. The monoisotopic (exact) mass is 1140 g/mol. The number of piperazine rings is 1. The highest BCUT2D eigenvalue weighted by molar-refractivity contribution is 7.13. The molecule has 82 heavy (non-hydrogen) atoms. The van der Waals surface area contributed by atoms with Crippen molar-refractivity contribution in [2.24, 2.45) is 5.41 Å². The summed E-state index contributed by atoms with van der Waals surface area (Å²) in [4.78, 5) is 62.3. The Kier molecular flexibility index (Phi) is 18.7. The summed E-state index contributed by atoms with van der Waals surface area (Å²) in [6, 6.07) is 14.6. The van der Waals surface area contributed by atoms with Gasteiger partial charge in [0, 0.05) is 92.8 Å². The Hall–Kier alpha value is -6.34. The number of rotatable bonds is 22. The van der Waals surface area contributed by atoms with Crippen molar-refractivity contribution < 1.29 is 38.1 Å². The third-order valence-corrected chi connectivity index (χ3v) is 18.2. The maximum atomic E-state index is 17.2. The van der Waals surface area contributed by atoms with E-state index in [0.29, 0.717) is 69.3 Å². The minimum absolute atomic E-state index is 0.0306. The molecule has 4 aliphatic rings. The number of hydrogen-bond acceptors (Lipinski definition) is 13. The van der Waals surface area contributed by atoms with Crippen LogP contribution in [0, 0.1) is 24.0 Å². The van der Waals surface area contributed by atoms with Gasteiger partial charge in [-0.15, -0.1) is 11.3 Å². The Balaban J connectivity index is 0.647. The van der Waals surface area contributed by atoms with Crippen LogP contribution < -0.4 is 25.6 Å². The summed E-state index contributed by atoms with van der Waals surface area (Å²) in [5.41, 5.74) is 4.99. The average molecular weight is 1140 g/mol. The minimum atomic E-state index is -0.854. The molecule has 0 radical (unpaired) electrons. The molecule has 15 nitrogen and oxygen atoms in total. The number of nitrogens with one attached hydrogen (secondary N) is 3. The molecule has 0 saturated carbocycles. The van der Waals surface area contributed by atoms with Crippen molar-refractivity contribution in [3.05, 3.63) is 94.8 Å². The van der Waals surface area contributed by atoms with Gasteiger partial charge in [0.25, 0.3) is 0 Å². The number of carbonyl (C=O) groups is 3. The predicted octanol–water partition coefficient (Wildman–Crippen LogP) is 10.5. The Bertz CT molecular complexity index is 3220. The van der Waals surface area contributed by atoms with Gasteiger partial charge in [0.15, 0.2) is 5.82 Å². The quantitative estimate of drug-likeness (QED) is 0.0406. The first-order chi connectivity index (χ1) is 39.5. The Morgan fingerprint density at radius 3 is 2.27 bits per heavy atom. The molecule has 4 saturated heterocycles. The van der Waals surface area contributed by atoms with Crippen molar-refractivity contribution in [2.75, 3.05) is 44.2 Å². The van der Waals surface area contributed by atoms with E-state index in [-0.39, 0.29) is 60.6 Å². The van der Waals surface area contributed by atoms with Crippen LogP contribution in [0.5, 0.6) is 11.6 Å². The van der Waals surface area contributed by atoms with Crippen LogP contribution in [0.3, 0.4) is 0 Å². The molecule has 3 aromatic carbocycles. The second kappa shape index (κ2) is 26.1. The lowest BCUT2D eigenvalue weighted by Gasteiger charge is -2.35. The molecule has 5 N–H and O–H groups in total. The van der Waals surface area contributed by atoms with Crippen LogP contribution in [-0.4, -0.2) is 128 Å². The van der Waals surface area contributed by atoms with Crippen LogP contribution in [0.25, 0.3) is 43.2 Å². The van der Waals surface area contributed by atoms with Crippen molar-refractivity contribution >= 4 is 56.4 Å². The van der Waals surface area contributed by atoms with Crippen LogP contribution >= 0.6 is 11.3 Å². The molecule has 10 rings (SSSR count). The molecule has 2 unspecified atom stereocenters. The lowest BCUT2D eigenvalue weighted by atomic mass is 9.85. The Morgan fingerprint density at radius 2 is 1.59 bits per heavy atom. The fourth-order valence-electron chi connectivity index (χ4n) is 12.7. The number of phenols is 1. The van der Waals surface area contributed by atoms with Gasteiger partial charge < -0.3 is 45.6 Å². The van der Waals surface area contributed by atoms with Gasteiger partial charge in [-0.25, -0.2) is 13.8 Å². The Morgan fingerprint density at radius 1 is 0.878 bits per heavy atom. The summed E-state index contributed by atoms with van der Waals surface area (Å²) in [7, 11) is 0. The summed E-state index contributed by atoms with van der Waals surface area (Å²) in [5.74, 6) is -0.836. The number of halogens is 2. The topological polar surface area (TPSA) is 185 Å². The maximum Gasteiger partial charge on any atom is 0.246 e. The van der Waals surface area contributed by atoms with Gasteiger partial charge in [0.1, 0.15) is 41.3 Å². The van der Waals surface area contributed by atoms with Gasteiger partial charge in [-0.2, -0.15) is 4.98 Å². The zero-order valence-electron chi connectivity index (χ0n) is 48.2. The average Bonchev–Trinajstić information content (AvgIpc) is 2.10. The number of β-amino-alcohol motifs (C(OH)–C–C–N with tert-alkyl or cyclic N) is 1. The largest absolute Gasteiger partial charge is 0.508 e. The second-order valence-corrected chi connectivity index (χ2v) is 25.2. The molecule has 4 fully saturated rings.